The zero-order chi connectivity index (χ0) is 18.7. The van der Waals surface area contributed by atoms with Gasteiger partial charge in [0.2, 0.25) is 11.8 Å². The Morgan fingerprint density at radius 1 is 1.23 bits per heavy atom. The van der Waals surface area contributed by atoms with Gasteiger partial charge in [-0.1, -0.05) is 25.1 Å². The zero-order valence-corrected chi connectivity index (χ0v) is 15.4. The number of carbonyl (C=O) groups excluding carboxylic acids is 2. The number of amides is 2. The second kappa shape index (κ2) is 7.60. The molecule has 1 heterocycles. The fraction of sp³-hybridized carbons (Fsp3) is 0.333. The van der Waals surface area contributed by atoms with Crippen LogP contribution in [0.5, 0.6) is 5.75 Å². The van der Waals surface area contributed by atoms with Crippen LogP contribution in [0, 0.1) is 12.8 Å². The Labute approximate surface area is 154 Å². The molecule has 136 valence electrons. The molecule has 5 heteroatoms. The monoisotopic (exact) mass is 352 g/mol. The third-order valence-electron chi connectivity index (χ3n) is 4.87. The first-order valence-electron chi connectivity index (χ1n) is 8.87. The van der Waals surface area contributed by atoms with Gasteiger partial charge in [0.1, 0.15) is 5.75 Å². The lowest BCUT2D eigenvalue weighted by Gasteiger charge is -2.18. The van der Waals surface area contributed by atoms with Crippen molar-refractivity contribution in [3.8, 4) is 5.75 Å². The van der Waals surface area contributed by atoms with Crippen molar-refractivity contribution in [1.82, 2.24) is 0 Å². The summed E-state index contributed by atoms with van der Waals surface area (Å²) in [5.74, 6) is 0.254. The van der Waals surface area contributed by atoms with Crippen molar-refractivity contribution in [2.75, 3.05) is 23.9 Å². The Morgan fingerprint density at radius 2 is 1.96 bits per heavy atom. The van der Waals surface area contributed by atoms with Crippen molar-refractivity contribution < 1.29 is 14.3 Å². The van der Waals surface area contributed by atoms with E-state index in [-0.39, 0.29) is 24.2 Å². The molecule has 1 atom stereocenters. The number of nitrogens with zero attached hydrogens (tertiary/aromatic N) is 1. The number of rotatable bonds is 5. The van der Waals surface area contributed by atoms with Crippen molar-refractivity contribution in [2.24, 2.45) is 5.92 Å². The zero-order valence-electron chi connectivity index (χ0n) is 15.4. The lowest BCUT2D eigenvalue weighted by molar-refractivity contribution is -0.122. The quantitative estimate of drug-likeness (QED) is 0.895. The molecule has 0 aliphatic carbocycles. The van der Waals surface area contributed by atoms with E-state index in [1.807, 2.05) is 49.4 Å². The van der Waals surface area contributed by atoms with E-state index in [1.54, 1.807) is 12.0 Å². The van der Waals surface area contributed by atoms with Gasteiger partial charge in [0.05, 0.1) is 13.0 Å². The smallest absolute Gasteiger partial charge is 0.229 e. The van der Waals surface area contributed by atoms with Crippen molar-refractivity contribution >= 4 is 23.2 Å². The Morgan fingerprint density at radius 3 is 2.62 bits per heavy atom. The van der Waals surface area contributed by atoms with Crippen LogP contribution in [0.4, 0.5) is 11.4 Å². The van der Waals surface area contributed by atoms with Crippen molar-refractivity contribution in [3.05, 3.63) is 53.6 Å². The molecule has 0 bridgehead atoms. The molecule has 1 aliphatic heterocycles. The Bertz CT molecular complexity index is 815. The molecule has 26 heavy (non-hydrogen) atoms. The molecule has 0 aromatic heterocycles. The predicted octanol–water partition coefficient (Wildman–Crippen LogP) is 3.56. The molecule has 2 amide bonds. The standard InChI is InChI=1S/C21H24N2O3/c1-4-15-7-5-6-14(2)20(15)22-21(25)16-12-19(24)23(13-16)17-8-10-18(26-3)11-9-17/h5-11,16H,4,12-13H2,1-3H3,(H,22,25)/t16-/m1/s1. The van der Waals surface area contributed by atoms with Crippen LogP contribution < -0.4 is 15.0 Å². The van der Waals surface area contributed by atoms with Crippen LogP contribution >= 0.6 is 0 Å². The van der Waals surface area contributed by atoms with E-state index in [0.717, 1.165) is 34.7 Å². The number of hydrogen-bond acceptors (Lipinski definition) is 3. The Kier molecular flexibility index (Phi) is 5.26. The molecule has 2 aromatic rings. The molecule has 1 aliphatic rings. The van der Waals surface area contributed by atoms with Crippen LogP contribution in [0.3, 0.4) is 0 Å². The molecule has 0 spiro atoms. The predicted molar refractivity (Wildman–Crippen MR) is 103 cm³/mol. The molecule has 0 radical (unpaired) electrons. The van der Waals surface area contributed by atoms with Crippen molar-refractivity contribution in [1.29, 1.82) is 0 Å². The Hall–Kier alpha value is -2.82. The number of methoxy groups -OCH3 is 1. The van der Waals surface area contributed by atoms with Gasteiger partial charge >= 0.3 is 0 Å². The van der Waals surface area contributed by atoms with Crippen LogP contribution in [0.1, 0.15) is 24.5 Å². The molecular weight excluding hydrogens is 328 g/mol. The molecule has 2 aromatic carbocycles. The SMILES string of the molecule is CCc1cccc(C)c1NC(=O)[C@@H]1CC(=O)N(c2ccc(OC)cc2)C1. The van der Waals surface area contributed by atoms with Gasteiger partial charge < -0.3 is 15.0 Å². The van der Waals surface area contributed by atoms with Gasteiger partial charge in [0, 0.05) is 24.3 Å². The fourth-order valence-corrected chi connectivity index (χ4v) is 3.32. The van der Waals surface area contributed by atoms with Gasteiger partial charge in [-0.3, -0.25) is 9.59 Å². The first-order chi connectivity index (χ1) is 12.5. The largest absolute Gasteiger partial charge is 0.497 e. The minimum atomic E-state index is -0.353. The van der Waals surface area contributed by atoms with E-state index in [0.29, 0.717) is 6.54 Å². The van der Waals surface area contributed by atoms with Crippen molar-refractivity contribution in [2.45, 2.75) is 26.7 Å². The summed E-state index contributed by atoms with van der Waals surface area (Å²) in [6.45, 7) is 4.44. The highest BCUT2D eigenvalue weighted by molar-refractivity contribution is 6.04. The number of nitrogens with one attached hydrogen (secondary N) is 1. The van der Waals surface area contributed by atoms with Crippen LogP contribution in [-0.4, -0.2) is 25.5 Å². The van der Waals surface area contributed by atoms with E-state index in [4.69, 9.17) is 4.74 Å². The maximum Gasteiger partial charge on any atom is 0.229 e. The summed E-state index contributed by atoms with van der Waals surface area (Å²) in [6.07, 6.45) is 1.07. The Balaban J connectivity index is 1.73. The average molecular weight is 352 g/mol. The van der Waals surface area contributed by atoms with E-state index in [9.17, 15) is 9.59 Å². The minimum Gasteiger partial charge on any atom is -0.497 e. The molecule has 1 saturated heterocycles. The van der Waals surface area contributed by atoms with E-state index in [2.05, 4.69) is 12.2 Å². The second-order valence-electron chi connectivity index (χ2n) is 6.56. The number of anilines is 2. The number of hydrogen-bond donors (Lipinski definition) is 1. The molecular formula is C21H24N2O3. The fourth-order valence-electron chi connectivity index (χ4n) is 3.32. The lowest BCUT2D eigenvalue weighted by Crippen LogP contribution is -2.28. The van der Waals surface area contributed by atoms with Gasteiger partial charge in [0.25, 0.3) is 0 Å². The highest BCUT2D eigenvalue weighted by Gasteiger charge is 2.35. The van der Waals surface area contributed by atoms with Crippen LogP contribution in [-0.2, 0) is 16.0 Å². The molecule has 1 fully saturated rings. The second-order valence-corrected chi connectivity index (χ2v) is 6.56. The summed E-state index contributed by atoms with van der Waals surface area (Å²) in [5, 5.41) is 3.04. The molecule has 3 rings (SSSR count). The van der Waals surface area contributed by atoms with E-state index >= 15 is 0 Å². The summed E-state index contributed by atoms with van der Waals surface area (Å²) in [6, 6.07) is 13.3. The van der Waals surface area contributed by atoms with Crippen molar-refractivity contribution in [3.63, 3.8) is 0 Å². The normalized spacial score (nSPS) is 16.7. The third kappa shape index (κ3) is 3.57. The summed E-state index contributed by atoms with van der Waals surface area (Å²) in [5.41, 5.74) is 3.80. The number of ether oxygens (including phenoxy) is 1. The molecule has 5 nitrogen and oxygen atoms in total. The number of carbonyl (C=O) groups is 2. The topological polar surface area (TPSA) is 58.6 Å². The molecule has 0 saturated carbocycles. The van der Waals surface area contributed by atoms with Crippen LogP contribution in [0.15, 0.2) is 42.5 Å². The van der Waals surface area contributed by atoms with E-state index in [1.165, 1.54) is 0 Å². The minimum absolute atomic E-state index is 0.0317. The van der Waals surface area contributed by atoms with E-state index < -0.39 is 0 Å². The van der Waals surface area contributed by atoms with Crippen LogP contribution in [0.25, 0.3) is 0 Å². The van der Waals surface area contributed by atoms with Gasteiger partial charge in [-0.25, -0.2) is 0 Å². The van der Waals surface area contributed by atoms with Crippen LogP contribution in [0.2, 0.25) is 0 Å². The highest BCUT2D eigenvalue weighted by Crippen LogP contribution is 2.28. The maximum atomic E-state index is 12.7. The first kappa shape index (κ1) is 18.0. The lowest BCUT2D eigenvalue weighted by atomic mass is 10.0. The first-order valence-corrected chi connectivity index (χ1v) is 8.87. The molecule has 1 N–H and O–H groups in total. The summed E-state index contributed by atoms with van der Waals surface area (Å²) < 4.78 is 5.15. The van der Waals surface area contributed by atoms with Gasteiger partial charge in [-0.2, -0.15) is 0 Å². The summed E-state index contributed by atoms with van der Waals surface area (Å²) in [7, 11) is 1.60. The molecule has 0 unspecified atom stereocenters. The number of aryl methyl sites for hydroxylation is 2. The average Bonchev–Trinajstić information content (AvgIpc) is 3.05. The van der Waals surface area contributed by atoms with Gasteiger partial charge in [-0.05, 0) is 48.7 Å². The number of benzene rings is 2. The maximum absolute atomic E-state index is 12.7. The summed E-state index contributed by atoms with van der Waals surface area (Å²) >= 11 is 0. The number of para-hydroxylation sites is 1. The van der Waals surface area contributed by atoms with Gasteiger partial charge in [0.15, 0.2) is 0 Å². The summed E-state index contributed by atoms with van der Waals surface area (Å²) in [4.78, 5) is 26.8. The third-order valence-corrected chi connectivity index (χ3v) is 4.87. The highest BCUT2D eigenvalue weighted by atomic mass is 16.5. The van der Waals surface area contributed by atoms with Gasteiger partial charge in [-0.15, -0.1) is 0 Å².